The second-order valence-corrected chi connectivity index (χ2v) is 6.73. The van der Waals surface area contributed by atoms with Crippen molar-refractivity contribution in [2.24, 2.45) is 5.73 Å². The number of carboxylic acid groups (broad SMARTS) is 1. The Hall–Kier alpha value is -4.13. The average molecular weight is 403 g/mol. The van der Waals surface area contributed by atoms with Gasteiger partial charge in [-0.05, 0) is 47.9 Å². The third kappa shape index (κ3) is 5.45. The van der Waals surface area contributed by atoms with Crippen LogP contribution in [0, 0.1) is 0 Å². The highest BCUT2D eigenvalue weighted by atomic mass is 16.4. The van der Waals surface area contributed by atoms with Crippen molar-refractivity contribution in [1.29, 1.82) is 0 Å². The summed E-state index contributed by atoms with van der Waals surface area (Å²) in [6.45, 7) is 0. The van der Waals surface area contributed by atoms with E-state index in [-0.39, 0.29) is 5.91 Å². The molecule has 0 saturated carbocycles. The summed E-state index contributed by atoms with van der Waals surface area (Å²) in [6.07, 6.45) is 0.293. The number of primary amides is 1. The minimum atomic E-state index is -0.908. The van der Waals surface area contributed by atoms with Gasteiger partial charge in [-0.1, -0.05) is 48.5 Å². The smallest absolute Gasteiger partial charge is 0.316 e. The van der Waals surface area contributed by atoms with Crippen LogP contribution in [-0.4, -0.2) is 23.0 Å². The van der Waals surface area contributed by atoms with Gasteiger partial charge in [-0.25, -0.2) is 4.79 Å². The van der Waals surface area contributed by atoms with Gasteiger partial charge in [0.1, 0.15) is 0 Å². The van der Waals surface area contributed by atoms with Gasteiger partial charge < -0.3 is 21.5 Å². The molecule has 0 bridgehead atoms. The lowest BCUT2D eigenvalue weighted by Crippen LogP contribution is -2.20. The molecule has 1 unspecified atom stereocenters. The van der Waals surface area contributed by atoms with E-state index in [1.165, 1.54) is 6.07 Å². The number of urea groups is 1. The molecular weight excluding hydrogens is 382 g/mol. The minimum Gasteiger partial charge on any atom is -0.481 e. The highest BCUT2D eigenvalue weighted by Crippen LogP contribution is 2.23. The zero-order valence-electron chi connectivity index (χ0n) is 16.0. The Bertz CT molecular complexity index is 1070. The normalized spacial score (nSPS) is 11.3. The van der Waals surface area contributed by atoms with Crippen molar-refractivity contribution in [1.82, 2.24) is 0 Å². The summed E-state index contributed by atoms with van der Waals surface area (Å²) in [5.74, 6) is -1.96. The average Bonchev–Trinajstić information content (AvgIpc) is 2.72. The Balaban J connectivity index is 1.74. The van der Waals surface area contributed by atoms with Crippen LogP contribution in [0.5, 0.6) is 0 Å². The van der Waals surface area contributed by atoms with Gasteiger partial charge in [-0.3, -0.25) is 9.59 Å². The topological polar surface area (TPSA) is 122 Å². The first kappa shape index (κ1) is 20.6. The van der Waals surface area contributed by atoms with E-state index < -0.39 is 17.9 Å². The largest absolute Gasteiger partial charge is 0.481 e. The molecule has 7 nitrogen and oxygen atoms in total. The van der Waals surface area contributed by atoms with Crippen molar-refractivity contribution in [2.45, 2.75) is 12.3 Å². The van der Waals surface area contributed by atoms with Crippen LogP contribution in [0.25, 0.3) is 0 Å². The van der Waals surface area contributed by atoms with Crippen LogP contribution in [0.2, 0.25) is 0 Å². The number of carbonyl (C=O) groups is 3. The van der Waals surface area contributed by atoms with E-state index in [1.54, 1.807) is 48.5 Å². The van der Waals surface area contributed by atoms with Gasteiger partial charge in [0, 0.05) is 16.9 Å². The maximum absolute atomic E-state index is 12.6. The van der Waals surface area contributed by atoms with Crippen molar-refractivity contribution in [3.8, 4) is 0 Å². The van der Waals surface area contributed by atoms with Crippen LogP contribution in [0.1, 0.15) is 27.4 Å². The maximum atomic E-state index is 12.6. The summed E-state index contributed by atoms with van der Waals surface area (Å²) in [5, 5.41) is 14.8. The van der Waals surface area contributed by atoms with Crippen LogP contribution < -0.4 is 16.4 Å². The molecule has 152 valence electrons. The SMILES string of the molecule is NC(=O)Nc1cccc(C(=O)Nc2cccc(CC(C(=O)O)c3ccccc3)c2)c1. The molecule has 3 aromatic carbocycles. The third-order valence-electron chi connectivity index (χ3n) is 4.52. The zero-order chi connectivity index (χ0) is 21.5. The molecule has 0 aliphatic heterocycles. The number of rotatable bonds is 7. The fraction of sp³-hybridized carbons (Fsp3) is 0.0870. The van der Waals surface area contributed by atoms with Crippen molar-refractivity contribution in [3.63, 3.8) is 0 Å². The first-order valence-electron chi connectivity index (χ1n) is 9.27. The molecule has 0 fully saturated rings. The summed E-state index contributed by atoms with van der Waals surface area (Å²) in [7, 11) is 0. The van der Waals surface area contributed by atoms with E-state index in [2.05, 4.69) is 10.6 Å². The molecule has 7 heteroatoms. The van der Waals surface area contributed by atoms with E-state index in [0.717, 1.165) is 11.1 Å². The number of carbonyl (C=O) groups excluding carboxylic acids is 2. The lowest BCUT2D eigenvalue weighted by molar-refractivity contribution is -0.138. The number of hydrogen-bond donors (Lipinski definition) is 4. The Labute approximate surface area is 173 Å². The molecule has 0 aromatic heterocycles. The van der Waals surface area contributed by atoms with Crippen LogP contribution >= 0.6 is 0 Å². The molecule has 3 aromatic rings. The van der Waals surface area contributed by atoms with E-state index in [0.29, 0.717) is 23.4 Å². The number of amides is 3. The second kappa shape index (κ2) is 9.38. The first-order chi connectivity index (χ1) is 14.4. The Morgan fingerprint density at radius 2 is 1.50 bits per heavy atom. The molecule has 5 N–H and O–H groups in total. The monoisotopic (exact) mass is 403 g/mol. The van der Waals surface area contributed by atoms with Crippen LogP contribution in [0.4, 0.5) is 16.2 Å². The van der Waals surface area contributed by atoms with E-state index in [9.17, 15) is 19.5 Å². The number of carboxylic acids is 1. The second-order valence-electron chi connectivity index (χ2n) is 6.73. The highest BCUT2D eigenvalue weighted by molar-refractivity contribution is 6.05. The number of hydrogen-bond acceptors (Lipinski definition) is 3. The van der Waals surface area contributed by atoms with Gasteiger partial charge >= 0.3 is 12.0 Å². The predicted octanol–water partition coefficient (Wildman–Crippen LogP) is 3.84. The molecule has 0 spiro atoms. The van der Waals surface area contributed by atoms with Crippen LogP contribution in [-0.2, 0) is 11.2 Å². The fourth-order valence-electron chi connectivity index (χ4n) is 3.13. The van der Waals surface area contributed by atoms with Crippen LogP contribution in [0.3, 0.4) is 0 Å². The Morgan fingerprint density at radius 3 is 2.17 bits per heavy atom. The summed E-state index contributed by atoms with van der Waals surface area (Å²) >= 11 is 0. The molecule has 1 atom stereocenters. The summed E-state index contributed by atoms with van der Waals surface area (Å²) in [5.41, 5.74) is 7.91. The van der Waals surface area contributed by atoms with Gasteiger partial charge in [0.05, 0.1) is 5.92 Å². The predicted molar refractivity (Wildman–Crippen MR) is 115 cm³/mol. The Kier molecular flexibility index (Phi) is 6.44. The molecular formula is C23H21N3O4. The summed E-state index contributed by atoms with van der Waals surface area (Å²) in [4.78, 5) is 35.3. The molecule has 30 heavy (non-hydrogen) atoms. The van der Waals surface area contributed by atoms with Gasteiger partial charge in [-0.15, -0.1) is 0 Å². The zero-order valence-corrected chi connectivity index (χ0v) is 16.0. The summed E-state index contributed by atoms with van der Waals surface area (Å²) in [6, 6.07) is 21.8. The first-order valence-corrected chi connectivity index (χ1v) is 9.27. The fourth-order valence-corrected chi connectivity index (χ4v) is 3.13. The lowest BCUT2D eigenvalue weighted by Gasteiger charge is -2.14. The molecule has 3 amide bonds. The molecule has 0 aliphatic carbocycles. The quantitative estimate of drug-likeness (QED) is 0.479. The standard InChI is InChI=1S/C23H21N3O4/c24-23(30)26-19-11-5-9-17(14-19)21(27)25-18-10-4-6-15(12-18)13-20(22(28)29)16-7-2-1-3-8-16/h1-12,14,20H,13H2,(H,25,27)(H,28,29)(H3,24,26,30). The van der Waals surface area contributed by atoms with E-state index in [1.807, 2.05) is 24.3 Å². The molecule has 0 saturated heterocycles. The van der Waals surface area contributed by atoms with Gasteiger partial charge in [-0.2, -0.15) is 0 Å². The van der Waals surface area contributed by atoms with Crippen molar-refractivity contribution >= 4 is 29.3 Å². The number of nitrogens with two attached hydrogens (primary N) is 1. The number of aliphatic carboxylic acids is 1. The third-order valence-corrected chi connectivity index (χ3v) is 4.52. The molecule has 0 radical (unpaired) electrons. The van der Waals surface area contributed by atoms with Crippen molar-refractivity contribution in [3.05, 3.63) is 95.6 Å². The maximum Gasteiger partial charge on any atom is 0.316 e. The molecule has 0 heterocycles. The highest BCUT2D eigenvalue weighted by Gasteiger charge is 2.20. The van der Waals surface area contributed by atoms with Crippen molar-refractivity contribution in [2.75, 3.05) is 10.6 Å². The number of benzene rings is 3. The van der Waals surface area contributed by atoms with Gasteiger partial charge in [0.25, 0.3) is 5.91 Å². The Morgan fingerprint density at radius 1 is 0.833 bits per heavy atom. The number of anilines is 2. The molecule has 3 rings (SSSR count). The summed E-state index contributed by atoms with van der Waals surface area (Å²) < 4.78 is 0. The van der Waals surface area contributed by atoms with Crippen LogP contribution in [0.15, 0.2) is 78.9 Å². The minimum absolute atomic E-state index is 0.293. The van der Waals surface area contributed by atoms with E-state index >= 15 is 0 Å². The van der Waals surface area contributed by atoms with Gasteiger partial charge in [0.15, 0.2) is 0 Å². The van der Waals surface area contributed by atoms with Crippen molar-refractivity contribution < 1.29 is 19.5 Å². The van der Waals surface area contributed by atoms with Gasteiger partial charge in [0.2, 0.25) is 0 Å². The lowest BCUT2D eigenvalue weighted by atomic mass is 9.92. The number of nitrogens with one attached hydrogen (secondary N) is 2. The molecule has 0 aliphatic rings. The van der Waals surface area contributed by atoms with E-state index in [4.69, 9.17) is 5.73 Å².